The first-order valence-corrected chi connectivity index (χ1v) is 7.18. The van der Waals surface area contributed by atoms with Crippen LogP contribution in [0.1, 0.15) is 23.4 Å². The number of hydrogen-bond donors (Lipinski definition) is 0. The molecule has 2 heterocycles. The second kappa shape index (κ2) is 4.13. The maximum absolute atomic E-state index is 11.6. The van der Waals surface area contributed by atoms with E-state index >= 15 is 0 Å². The van der Waals surface area contributed by atoms with Crippen LogP contribution in [0.2, 0.25) is 0 Å². The highest BCUT2D eigenvalue weighted by atomic mass is 32.2. The highest BCUT2D eigenvalue weighted by molar-refractivity contribution is 7.88. The van der Waals surface area contributed by atoms with Crippen molar-refractivity contribution < 1.29 is 8.42 Å². The van der Waals surface area contributed by atoms with E-state index in [1.807, 2.05) is 0 Å². The Morgan fingerprint density at radius 1 is 1.47 bits per heavy atom. The molecule has 6 nitrogen and oxygen atoms in total. The number of nitrogens with zero attached hydrogens (tertiary/aromatic N) is 4. The van der Waals surface area contributed by atoms with E-state index in [9.17, 15) is 8.42 Å². The average molecular weight is 254 g/mol. The molecule has 1 aliphatic heterocycles. The summed E-state index contributed by atoms with van der Waals surface area (Å²) >= 11 is 0. The van der Waals surface area contributed by atoms with E-state index in [-0.39, 0.29) is 0 Å². The first kappa shape index (κ1) is 12.1. The summed E-state index contributed by atoms with van der Waals surface area (Å²) in [5.74, 6) is 0. The van der Waals surface area contributed by atoms with Gasteiger partial charge >= 0.3 is 0 Å². The smallest absolute Gasteiger partial charge is 0.211 e. The molecular weight excluding hydrogens is 240 g/mol. The van der Waals surface area contributed by atoms with Crippen molar-refractivity contribution in [1.29, 1.82) is 5.26 Å². The van der Waals surface area contributed by atoms with Gasteiger partial charge in [0.1, 0.15) is 6.07 Å². The van der Waals surface area contributed by atoms with Gasteiger partial charge < -0.3 is 0 Å². The monoisotopic (exact) mass is 254 g/mol. The normalized spacial score (nSPS) is 17.2. The lowest BCUT2D eigenvalue weighted by Gasteiger charge is -2.17. The molecule has 0 spiro atoms. The third-order valence-electron chi connectivity index (χ3n) is 3.01. The lowest BCUT2D eigenvalue weighted by molar-refractivity contribution is 0.403. The second-order valence-electron chi connectivity index (χ2n) is 4.21. The van der Waals surface area contributed by atoms with Crippen molar-refractivity contribution in [3.05, 3.63) is 17.0 Å². The summed E-state index contributed by atoms with van der Waals surface area (Å²) in [4.78, 5) is 0. The highest BCUT2D eigenvalue weighted by Crippen LogP contribution is 2.22. The molecule has 0 bridgehead atoms. The molecule has 0 amide bonds. The summed E-state index contributed by atoms with van der Waals surface area (Å²) < 4.78 is 26.2. The van der Waals surface area contributed by atoms with Crippen LogP contribution in [0.5, 0.6) is 0 Å². The van der Waals surface area contributed by atoms with Gasteiger partial charge in [0.25, 0.3) is 0 Å². The average Bonchev–Trinajstić information content (AvgIpc) is 2.45. The Bertz CT molecular complexity index is 582. The number of aromatic nitrogens is 2. The van der Waals surface area contributed by atoms with Crippen LogP contribution in [0.4, 0.5) is 0 Å². The van der Waals surface area contributed by atoms with Gasteiger partial charge in [-0.1, -0.05) is 0 Å². The first-order chi connectivity index (χ1) is 7.93. The largest absolute Gasteiger partial charge is 0.270 e. The summed E-state index contributed by atoms with van der Waals surface area (Å²) in [5, 5.41) is 13.1. The molecular formula is C10H14N4O2S. The second-order valence-corrected chi connectivity index (χ2v) is 6.19. The van der Waals surface area contributed by atoms with Crippen LogP contribution in [0, 0.1) is 11.3 Å². The van der Waals surface area contributed by atoms with E-state index in [0.29, 0.717) is 25.2 Å². The summed E-state index contributed by atoms with van der Waals surface area (Å²) in [6, 6.07) is 2.06. The fraction of sp³-hybridized carbons (Fsp3) is 0.600. The minimum absolute atomic E-state index is 0.305. The fourth-order valence-electron chi connectivity index (χ4n) is 2.11. The minimum atomic E-state index is -3.20. The van der Waals surface area contributed by atoms with Crippen molar-refractivity contribution in [3.63, 3.8) is 0 Å². The quantitative estimate of drug-likeness (QED) is 0.706. The van der Waals surface area contributed by atoms with Crippen LogP contribution >= 0.6 is 0 Å². The van der Waals surface area contributed by atoms with Crippen molar-refractivity contribution in [2.45, 2.75) is 19.4 Å². The van der Waals surface area contributed by atoms with E-state index < -0.39 is 10.0 Å². The van der Waals surface area contributed by atoms with Gasteiger partial charge in [-0.15, -0.1) is 0 Å². The number of sulfonamides is 1. The van der Waals surface area contributed by atoms with Gasteiger partial charge in [0.2, 0.25) is 10.0 Å². The van der Waals surface area contributed by atoms with E-state index in [2.05, 4.69) is 11.2 Å². The Balaban J connectivity index is 2.46. The van der Waals surface area contributed by atoms with Crippen LogP contribution < -0.4 is 0 Å². The topological polar surface area (TPSA) is 79.0 Å². The summed E-state index contributed by atoms with van der Waals surface area (Å²) in [7, 11) is -1.46. The Morgan fingerprint density at radius 3 is 2.76 bits per heavy atom. The standard InChI is InChI=1S/C10H14N4O2S/c1-13-10-7-14(17(2,15)16)5-3-4-8(10)9(6-11)12-13/h3-5,7H2,1-2H3. The Hall–Kier alpha value is -1.39. The Morgan fingerprint density at radius 2 is 2.18 bits per heavy atom. The maximum Gasteiger partial charge on any atom is 0.211 e. The number of hydrogen-bond acceptors (Lipinski definition) is 4. The van der Waals surface area contributed by atoms with Crippen molar-refractivity contribution in [2.24, 2.45) is 7.05 Å². The molecule has 0 N–H and O–H groups in total. The molecule has 1 aromatic heterocycles. The molecule has 92 valence electrons. The van der Waals surface area contributed by atoms with Gasteiger partial charge in [-0.05, 0) is 12.8 Å². The van der Waals surface area contributed by atoms with E-state index in [1.54, 1.807) is 11.7 Å². The van der Waals surface area contributed by atoms with Gasteiger partial charge in [0.05, 0.1) is 18.5 Å². The molecule has 0 aliphatic carbocycles. The van der Waals surface area contributed by atoms with Gasteiger partial charge in [0.15, 0.2) is 5.69 Å². The molecule has 0 unspecified atom stereocenters. The molecule has 0 fully saturated rings. The number of nitriles is 1. The molecule has 0 atom stereocenters. The molecule has 2 rings (SSSR count). The number of aryl methyl sites for hydroxylation is 1. The van der Waals surface area contributed by atoms with Crippen LogP contribution in [-0.4, -0.2) is 35.3 Å². The summed E-state index contributed by atoms with van der Waals surface area (Å²) in [6.45, 7) is 0.803. The molecule has 7 heteroatoms. The zero-order chi connectivity index (χ0) is 12.6. The first-order valence-electron chi connectivity index (χ1n) is 5.33. The molecule has 1 aromatic rings. The molecule has 17 heavy (non-hydrogen) atoms. The molecule has 0 radical (unpaired) electrons. The Labute approximate surface area is 101 Å². The predicted octanol–water partition coefficient (Wildman–Crippen LogP) is -0.000420. The van der Waals surface area contributed by atoms with E-state index in [1.165, 1.54) is 10.6 Å². The van der Waals surface area contributed by atoms with Crippen molar-refractivity contribution in [3.8, 4) is 6.07 Å². The van der Waals surface area contributed by atoms with Gasteiger partial charge in [0, 0.05) is 19.2 Å². The van der Waals surface area contributed by atoms with Crippen LogP contribution in [0.3, 0.4) is 0 Å². The van der Waals surface area contributed by atoms with Crippen LogP contribution in [0.15, 0.2) is 0 Å². The molecule has 0 saturated carbocycles. The minimum Gasteiger partial charge on any atom is -0.270 e. The van der Waals surface area contributed by atoms with Gasteiger partial charge in [-0.25, -0.2) is 8.42 Å². The fourth-order valence-corrected chi connectivity index (χ4v) is 2.93. The summed E-state index contributed by atoms with van der Waals surface area (Å²) in [6.07, 6.45) is 2.64. The lowest BCUT2D eigenvalue weighted by atomic mass is 10.1. The zero-order valence-corrected chi connectivity index (χ0v) is 10.7. The third kappa shape index (κ3) is 2.18. The number of fused-ring (bicyclic) bond motifs is 1. The van der Waals surface area contributed by atoms with Crippen LogP contribution in [0.25, 0.3) is 0 Å². The molecule has 1 aliphatic rings. The van der Waals surface area contributed by atoms with E-state index in [4.69, 9.17) is 5.26 Å². The SMILES string of the molecule is Cn1nc(C#N)c2c1CN(S(C)(=O)=O)CCC2. The lowest BCUT2D eigenvalue weighted by Crippen LogP contribution is -2.30. The predicted molar refractivity (Wildman–Crippen MR) is 61.5 cm³/mol. The van der Waals surface area contributed by atoms with Crippen LogP contribution in [-0.2, 0) is 30.0 Å². The zero-order valence-electron chi connectivity index (χ0n) is 9.84. The van der Waals surface area contributed by atoms with Crippen molar-refractivity contribution in [1.82, 2.24) is 14.1 Å². The van der Waals surface area contributed by atoms with Gasteiger partial charge in [-0.2, -0.15) is 14.7 Å². The van der Waals surface area contributed by atoms with Crippen molar-refractivity contribution in [2.75, 3.05) is 12.8 Å². The molecule has 0 saturated heterocycles. The Kier molecular flexibility index (Phi) is 2.93. The van der Waals surface area contributed by atoms with Gasteiger partial charge in [-0.3, -0.25) is 4.68 Å². The molecule has 0 aromatic carbocycles. The summed E-state index contributed by atoms with van der Waals surface area (Å²) in [5.41, 5.74) is 2.13. The van der Waals surface area contributed by atoms with Crippen molar-refractivity contribution >= 4 is 10.0 Å². The van der Waals surface area contributed by atoms with E-state index in [0.717, 1.165) is 17.7 Å². The number of rotatable bonds is 1. The third-order valence-corrected chi connectivity index (χ3v) is 4.26. The maximum atomic E-state index is 11.6. The highest BCUT2D eigenvalue weighted by Gasteiger charge is 2.26.